The van der Waals surface area contributed by atoms with Gasteiger partial charge in [0.25, 0.3) is 0 Å². The first-order valence-electron chi connectivity index (χ1n) is 12.4. The highest BCUT2D eigenvalue weighted by molar-refractivity contribution is 5.98. The van der Waals surface area contributed by atoms with Gasteiger partial charge in [-0.2, -0.15) is 5.10 Å². The highest BCUT2D eigenvalue weighted by Gasteiger charge is 2.33. The van der Waals surface area contributed by atoms with E-state index in [1.165, 1.54) is 0 Å². The summed E-state index contributed by atoms with van der Waals surface area (Å²) in [6.07, 6.45) is 7.09. The number of H-pyrrole nitrogens is 1. The minimum Gasteiger partial charge on any atom is -0.444 e. The summed E-state index contributed by atoms with van der Waals surface area (Å²) >= 11 is 0. The Morgan fingerprint density at radius 2 is 2.00 bits per heavy atom. The lowest BCUT2D eigenvalue weighted by Gasteiger charge is -2.41. The molecule has 36 heavy (non-hydrogen) atoms. The van der Waals surface area contributed by atoms with Gasteiger partial charge in [-0.25, -0.2) is 9.48 Å². The Bertz CT molecular complexity index is 1340. The number of hydrogen-bond donors (Lipinski definition) is 1. The van der Waals surface area contributed by atoms with Crippen LogP contribution in [0.25, 0.3) is 27.8 Å². The number of likely N-dealkylation sites (tertiary alicyclic amines) is 1. The molecule has 1 aliphatic heterocycles. The average Bonchev–Trinajstić information content (AvgIpc) is 3.54. The standard InChI is InChI=1S/C27H33N7O2/c1-18-17-19(12-16-33(18)26(35)36-27(2,3)4)32(5)24-10-8-22(30-31-24)20-7-9-23(34-15-6-13-29-34)21-11-14-28-25(20)21/h6-11,13-15,18-19,28H,12,16-17H2,1-5H3. The average molecular weight is 488 g/mol. The van der Waals surface area contributed by atoms with Crippen molar-refractivity contribution in [2.75, 3.05) is 18.5 Å². The van der Waals surface area contributed by atoms with E-state index in [9.17, 15) is 4.79 Å². The molecular formula is C27H33N7O2. The number of amides is 1. The number of hydrogen-bond acceptors (Lipinski definition) is 6. The highest BCUT2D eigenvalue weighted by atomic mass is 16.6. The predicted molar refractivity (Wildman–Crippen MR) is 140 cm³/mol. The van der Waals surface area contributed by atoms with E-state index in [2.05, 4.69) is 50.3 Å². The number of nitrogens with one attached hydrogen (secondary N) is 1. The van der Waals surface area contributed by atoms with Crippen LogP contribution in [0.15, 0.2) is 55.0 Å². The largest absolute Gasteiger partial charge is 0.444 e. The molecule has 0 spiro atoms. The van der Waals surface area contributed by atoms with Crippen LogP contribution >= 0.6 is 0 Å². The summed E-state index contributed by atoms with van der Waals surface area (Å²) in [7, 11) is 2.05. The van der Waals surface area contributed by atoms with Gasteiger partial charge in [0, 0.05) is 55.2 Å². The molecule has 0 radical (unpaired) electrons. The summed E-state index contributed by atoms with van der Waals surface area (Å²) < 4.78 is 7.44. The van der Waals surface area contributed by atoms with Crippen LogP contribution in [0.1, 0.15) is 40.5 Å². The number of aromatic nitrogens is 5. The van der Waals surface area contributed by atoms with Crippen molar-refractivity contribution in [3.05, 3.63) is 55.0 Å². The van der Waals surface area contributed by atoms with E-state index in [1.807, 2.05) is 68.0 Å². The highest BCUT2D eigenvalue weighted by Crippen LogP contribution is 2.31. The van der Waals surface area contributed by atoms with Crippen LogP contribution in [-0.4, -0.2) is 67.2 Å². The van der Waals surface area contributed by atoms with Gasteiger partial charge in [-0.05, 0) is 76.9 Å². The van der Waals surface area contributed by atoms with E-state index < -0.39 is 5.60 Å². The van der Waals surface area contributed by atoms with E-state index in [1.54, 1.807) is 6.20 Å². The molecular weight excluding hydrogens is 454 g/mol. The molecule has 9 nitrogen and oxygen atoms in total. The summed E-state index contributed by atoms with van der Waals surface area (Å²) in [5.41, 5.74) is 3.32. The van der Waals surface area contributed by atoms with Gasteiger partial charge in [-0.1, -0.05) is 0 Å². The number of aromatic amines is 1. The second-order valence-corrected chi connectivity index (χ2v) is 10.4. The Balaban J connectivity index is 1.31. The van der Waals surface area contributed by atoms with Gasteiger partial charge >= 0.3 is 6.09 Å². The summed E-state index contributed by atoms with van der Waals surface area (Å²) in [6, 6.07) is 12.5. The number of ether oxygens (including phenoxy) is 1. The molecule has 1 fully saturated rings. The van der Waals surface area contributed by atoms with Crippen LogP contribution in [0.2, 0.25) is 0 Å². The van der Waals surface area contributed by atoms with Gasteiger partial charge < -0.3 is 19.5 Å². The Morgan fingerprint density at radius 3 is 2.67 bits per heavy atom. The maximum Gasteiger partial charge on any atom is 0.410 e. The number of benzene rings is 1. The lowest BCUT2D eigenvalue weighted by molar-refractivity contribution is 0.0104. The Morgan fingerprint density at radius 1 is 1.17 bits per heavy atom. The Hall–Kier alpha value is -3.88. The summed E-state index contributed by atoms with van der Waals surface area (Å²) in [5.74, 6) is 0.817. The van der Waals surface area contributed by atoms with Crippen LogP contribution in [0.5, 0.6) is 0 Å². The first kappa shape index (κ1) is 23.8. The van der Waals surface area contributed by atoms with Gasteiger partial charge in [0.15, 0.2) is 5.82 Å². The Kier molecular flexibility index (Phi) is 6.15. The van der Waals surface area contributed by atoms with Gasteiger partial charge in [0.05, 0.1) is 16.9 Å². The third-order valence-electron chi connectivity index (χ3n) is 6.76. The fraction of sp³-hybridized carbons (Fsp3) is 0.407. The first-order valence-corrected chi connectivity index (χ1v) is 12.4. The number of anilines is 1. The van der Waals surface area contributed by atoms with Crippen LogP contribution in [0.4, 0.5) is 10.6 Å². The molecule has 0 saturated carbocycles. The zero-order valence-corrected chi connectivity index (χ0v) is 21.5. The fourth-order valence-corrected chi connectivity index (χ4v) is 4.90. The molecule has 0 bridgehead atoms. The van der Waals surface area contributed by atoms with Crippen molar-refractivity contribution >= 4 is 22.8 Å². The zero-order chi connectivity index (χ0) is 25.4. The lowest BCUT2D eigenvalue weighted by atomic mass is 9.97. The molecule has 3 aromatic heterocycles. The fourth-order valence-electron chi connectivity index (χ4n) is 4.90. The number of carbonyl (C=O) groups is 1. The van der Waals surface area contributed by atoms with E-state index >= 15 is 0 Å². The number of fused-ring (bicyclic) bond motifs is 1. The van der Waals surface area contributed by atoms with Crippen molar-refractivity contribution in [1.29, 1.82) is 0 Å². The second kappa shape index (κ2) is 9.29. The molecule has 2 atom stereocenters. The maximum atomic E-state index is 12.6. The minimum atomic E-state index is -0.493. The molecule has 1 aromatic carbocycles. The number of nitrogens with zero attached hydrogens (tertiary/aromatic N) is 6. The SMILES string of the molecule is CC1CC(N(C)c2ccc(-c3ccc(-n4cccn4)c4cc[nH]c34)nn2)CCN1C(=O)OC(C)(C)C. The zero-order valence-electron chi connectivity index (χ0n) is 21.5. The molecule has 1 aliphatic rings. The van der Waals surface area contributed by atoms with Gasteiger partial charge in [-0.3, -0.25) is 0 Å². The molecule has 2 unspecified atom stereocenters. The number of carbonyl (C=O) groups excluding carboxylic acids is 1. The normalized spacial score (nSPS) is 18.4. The molecule has 1 saturated heterocycles. The Labute approximate surface area is 211 Å². The van der Waals surface area contributed by atoms with E-state index in [0.29, 0.717) is 6.54 Å². The third-order valence-corrected chi connectivity index (χ3v) is 6.76. The molecule has 188 valence electrons. The van der Waals surface area contributed by atoms with Crippen molar-refractivity contribution < 1.29 is 9.53 Å². The molecule has 9 heteroatoms. The van der Waals surface area contributed by atoms with Crippen molar-refractivity contribution in [3.8, 4) is 16.9 Å². The monoisotopic (exact) mass is 487 g/mol. The first-order chi connectivity index (χ1) is 17.2. The van der Waals surface area contributed by atoms with E-state index in [4.69, 9.17) is 4.74 Å². The lowest BCUT2D eigenvalue weighted by Crippen LogP contribution is -2.51. The molecule has 0 aliphatic carbocycles. The quantitative estimate of drug-likeness (QED) is 0.434. The van der Waals surface area contributed by atoms with Gasteiger partial charge in [0.2, 0.25) is 0 Å². The minimum absolute atomic E-state index is 0.0859. The summed E-state index contributed by atoms with van der Waals surface area (Å²) in [6.45, 7) is 8.42. The maximum absolute atomic E-state index is 12.6. The van der Waals surface area contributed by atoms with Crippen molar-refractivity contribution in [2.45, 2.75) is 58.2 Å². The van der Waals surface area contributed by atoms with Crippen LogP contribution in [0.3, 0.4) is 0 Å². The topological polar surface area (TPSA) is 92.2 Å². The summed E-state index contributed by atoms with van der Waals surface area (Å²) in [5, 5.41) is 14.6. The molecule has 1 amide bonds. The van der Waals surface area contributed by atoms with Crippen LogP contribution < -0.4 is 4.90 Å². The third kappa shape index (κ3) is 4.65. The molecule has 4 aromatic rings. The smallest absolute Gasteiger partial charge is 0.410 e. The molecule has 4 heterocycles. The van der Waals surface area contributed by atoms with Gasteiger partial charge in [0.1, 0.15) is 5.60 Å². The summed E-state index contributed by atoms with van der Waals surface area (Å²) in [4.78, 5) is 19.9. The number of piperidine rings is 1. The van der Waals surface area contributed by atoms with E-state index in [-0.39, 0.29) is 18.2 Å². The van der Waals surface area contributed by atoms with Crippen molar-refractivity contribution in [3.63, 3.8) is 0 Å². The number of rotatable bonds is 4. The van der Waals surface area contributed by atoms with Crippen LogP contribution in [-0.2, 0) is 4.74 Å². The van der Waals surface area contributed by atoms with Crippen molar-refractivity contribution in [2.24, 2.45) is 0 Å². The van der Waals surface area contributed by atoms with Crippen LogP contribution in [0, 0.1) is 0 Å². The molecule has 1 N–H and O–H groups in total. The van der Waals surface area contributed by atoms with Crippen molar-refractivity contribution in [1.82, 2.24) is 29.9 Å². The molecule has 5 rings (SSSR count). The van der Waals surface area contributed by atoms with E-state index in [0.717, 1.165) is 46.5 Å². The second-order valence-electron chi connectivity index (χ2n) is 10.4. The van der Waals surface area contributed by atoms with Gasteiger partial charge in [-0.15, -0.1) is 10.2 Å². The predicted octanol–water partition coefficient (Wildman–Crippen LogP) is 5.03.